The smallest absolute Gasteiger partial charge is 0.129 e. The number of pyridine rings is 1. The number of benzene rings is 1. The molecule has 3 rings (SSSR count). The Hall–Kier alpha value is -1.65. The number of morpholine rings is 1. The molecule has 1 aliphatic rings. The molecule has 0 spiro atoms. The lowest BCUT2D eigenvalue weighted by Gasteiger charge is -2.32. The van der Waals surface area contributed by atoms with Gasteiger partial charge in [0.05, 0.1) is 24.8 Å². The fraction of sp³-hybridized carbons (Fsp3) is 0.400. The second-order valence-electron chi connectivity index (χ2n) is 4.94. The molecule has 1 aliphatic heterocycles. The molecule has 19 heavy (non-hydrogen) atoms. The number of hydrogen-bond acceptors (Lipinski definition) is 4. The first-order chi connectivity index (χ1) is 9.28. The summed E-state index contributed by atoms with van der Waals surface area (Å²) in [6.45, 7) is 4.52. The van der Waals surface area contributed by atoms with Crippen LogP contribution in [-0.4, -0.2) is 35.9 Å². The van der Waals surface area contributed by atoms with Gasteiger partial charge in [0.15, 0.2) is 0 Å². The monoisotopic (exact) mass is 258 g/mol. The van der Waals surface area contributed by atoms with Crippen molar-refractivity contribution in [2.45, 2.75) is 19.6 Å². The van der Waals surface area contributed by atoms with E-state index in [1.807, 2.05) is 30.3 Å². The predicted octanol–water partition coefficient (Wildman–Crippen LogP) is 1.95. The van der Waals surface area contributed by atoms with Gasteiger partial charge in [-0.2, -0.15) is 0 Å². The minimum Gasteiger partial charge on any atom is -0.392 e. The third-order valence-electron chi connectivity index (χ3n) is 3.52. The highest BCUT2D eigenvalue weighted by Gasteiger charge is 2.19. The highest BCUT2D eigenvalue weighted by Crippen LogP contribution is 2.24. The van der Waals surface area contributed by atoms with E-state index in [2.05, 4.69) is 11.8 Å². The fourth-order valence-electron chi connectivity index (χ4n) is 2.55. The van der Waals surface area contributed by atoms with Crippen LogP contribution in [0, 0.1) is 0 Å². The van der Waals surface area contributed by atoms with Gasteiger partial charge in [0.2, 0.25) is 0 Å². The van der Waals surface area contributed by atoms with E-state index in [1.165, 1.54) is 0 Å². The van der Waals surface area contributed by atoms with Crippen LogP contribution in [0.3, 0.4) is 0 Å². The molecular weight excluding hydrogens is 240 g/mol. The van der Waals surface area contributed by atoms with Gasteiger partial charge in [-0.25, -0.2) is 4.98 Å². The van der Waals surface area contributed by atoms with Gasteiger partial charge in [-0.05, 0) is 24.6 Å². The van der Waals surface area contributed by atoms with Crippen molar-refractivity contribution in [2.24, 2.45) is 0 Å². The van der Waals surface area contributed by atoms with Crippen molar-refractivity contribution in [1.82, 2.24) is 4.98 Å². The molecule has 1 aromatic heterocycles. The van der Waals surface area contributed by atoms with Gasteiger partial charge in [-0.3, -0.25) is 0 Å². The maximum absolute atomic E-state index is 9.54. The SMILES string of the molecule is CC1CN(c2cc(CO)c3ccccc3n2)CCO1. The average Bonchev–Trinajstić information content (AvgIpc) is 2.46. The van der Waals surface area contributed by atoms with Crippen molar-refractivity contribution in [2.75, 3.05) is 24.6 Å². The Bertz CT molecular complexity index is 585. The summed E-state index contributed by atoms with van der Waals surface area (Å²) in [6.07, 6.45) is 0.222. The van der Waals surface area contributed by atoms with Crippen LogP contribution >= 0.6 is 0 Å². The van der Waals surface area contributed by atoms with Gasteiger partial charge in [0, 0.05) is 18.5 Å². The van der Waals surface area contributed by atoms with E-state index < -0.39 is 0 Å². The van der Waals surface area contributed by atoms with E-state index in [4.69, 9.17) is 9.72 Å². The van der Waals surface area contributed by atoms with Gasteiger partial charge in [-0.15, -0.1) is 0 Å². The maximum Gasteiger partial charge on any atom is 0.129 e. The molecule has 2 heterocycles. The van der Waals surface area contributed by atoms with E-state index >= 15 is 0 Å². The molecule has 100 valence electrons. The Balaban J connectivity index is 2.04. The second-order valence-corrected chi connectivity index (χ2v) is 4.94. The highest BCUT2D eigenvalue weighted by molar-refractivity contribution is 5.84. The summed E-state index contributed by atoms with van der Waals surface area (Å²) >= 11 is 0. The largest absolute Gasteiger partial charge is 0.392 e. The lowest BCUT2D eigenvalue weighted by atomic mass is 10.1. The van der Waals surface area contributed by atoms with E-state index in [-0.39, 0.29) is 12.7 Å². The van der Waals surface area contributed by atoms with Crippen molar-refractivity contribution >= 4 is 16.7 Å². The third kappa shape index (κ3) is 2.41. The Labute approximate surface area is 112 Å². The zero-order chi connectivity index (χ0) is 13.2. The molecule has 2 aromatic rings. The molecule has 1 N–H and O–H groups in total. The van der Waals surface area contributed by atoms with Crippen LogP contribution in [0.1, 0.15) is 12.5 Å². The quantitative estimate of drug-likeness (QED) is 0.894. The summed E-state index contributed by atoms with van der Waals surface area (Å²) in [6, 6.07) is 9.92. The van der Waals surface area contributed by atoms with Crippen LogP contribution in [0.25, 0.3) is 10.9 Å². The number of ether oxygens (including phenoxy) is 1. The maximum atomic E-state index is 9.54. The van der Waals surface area contributed by atoms with E-state index in [0.29, 0.717) is 0 Å². The standard InChI is InChI=1S/C15H18N2O2/c1-11-9-17(6-7-19-11)15-8-12(10-18)13-4-2-3-5-14(13)16-15/h2-5,8,11,18H,6-7,9-10H2,1H3. The van der Waals surface area contributed by atoms with Crippen LogP contribution < -0.4 is 4.90 Å². The summed E-state index contributed by atoms with van der Waals surface area (Å²) < 4.78 is 5.55. The zero-order valence-electron chi connectivity index (χ0n) is 11.0. The lowest BCUT2D eigenvalue weighted by molar-refractivity contribution is 0.0529. The van der Waals surface area contributed by atoms with Gasteiger partial charge in [0.1, 0.15) is 5.82 Å². The number of fused-ring (bicyclic) bond motifs is 1. The molecule has 1 atom stereocenters. The molecule has 1 saturated heterocycles. The first kappa shape index (κ1) is 12.4. The van der Waals surface area contributed by atoms with Gasteiger partial charge in [0.25, 0.3) is 0 Å². The number of aliphatic hydroxyl groups excluding tert-OH is 1. The number of aliphatic hydroxyl groups is 1. The van der Waals surface area contributed by atoms with Crippen molar-refractivity contribution in [1.29, 1.82) is 0 Å². The third-order valence-corrected chi connectivity index (χ3v) is 3.52. The second kappa shape index (κ2) is 5.15. The summed E-state index contributed by atoms with van der Waals surface area (Å²) in [4.78, 5) is 6.92. The van der Waals surface area contributed by atoms with Crippen LogP contribution in [-0.2, 0) is 11.3 Å². The lowest BCUT2D eigenvalue weighted by Crippen LogP contribution is -2.41. The van der Waals surface area contributed by atoms with Crippen molar-refractivity contribution in [3.8, 4) is 0 Å². The van der Waals surface area contributed by atoms with Crippen LogP contribution in [0.2, 0.25) is 0 Å². The first-order valence-corrected chi connectivity index (χ1v) is 6.64. The molecule has 0 amide bonds. The van der Waals surface area contributed by atoms with Gasteiger partial charge >= 0.3 is 0 Å². The van der Waals surface area contributed by atoms with Crippen molar-refractivity contribution in [3.63, 3.8) is 0 Å². The molecule has 1 aromatic carbocycles. The van der Waals surface area contributed by atoms with E-state index in [0.717, 1.165) is 42.0 Å². The normalized spacial score (nSPS) is 19.9. The Morgan fingerprint density at radius 2 is 2.26 bits per heavy atom. The Morgan fingerprint density at radius 3 is 3.05 bits per heavy atom. The predicted molar refractivity (Wildman–Crippen MR) is 75.3 cm³/mol. The van der Waals surface area contributed by atoms with Crippen molar-refractivity contribution < 1.29 is 9.84 Å². The first-order valence-electron chi connectivity index (χ1n) is 6.64. The van der Waals surface area contributed by atoms with Crippen molar-refractivity contribution in [3.05, 3.63) is 35.9 Å². The minimum absolute atomic E-state index is 0.0376. The topological polar surface area (TPSA) is 45.6 Å². The van der Waals surface area contributed by atoms with E-state index in [9.17, 15) is 5.11 Å². The fourth-order valence-corrected chi connectivity index (χ4v) is 2.55. The summed E-state index contributed by atoms with van der Waals surface area (Å²) in [5, 5.41) is 10.6. The molecule has 1 unspecified atom stereocenters. The molecule has 1 fully saturated rings. The minimum atomic E-state index is 0.0376. The van der Waals surface area contributed by atoms with Crippen LogP contribution in [0.15, 0.2) is 30.3 Å². The number of para-hydroxylation sites is 1. The Morgan fingerprint density at radius 1 is 1.42 bits per heavy atom. The molecule has 0 radical (unpaired) electrons. The molecule has 4 heteroatoms. The molecule has 0 bridgehead atoms. The zero-order valence-corrected chi connectivity index (χ0v) is 11.0. The van der Waals surface area contributed by atoms with Crippen LogP contribution in [0.4, 0.5) is 5.82 Å². The summed E-state index contributed by atoms with van der Waals surface area (Å²) in [5.41, 5.74) is 1.86. The number of nitrogens with zero attached hydrogens (tertiary/aromatic N) is 2. The van der Waals surface area contributed by atoms with Gasteiger partial charge < -0.3 is 14.7 Å². The molecule has 0 saturated carbocycles. The van der Waals surface area contributed by atoms with E-state index in [1.54, 1.807) is 0 Å². The average molecular weight is 258 g/mol. The number of aromatic nitrogens is 1. The summed E-state index contributed by atoms with van der Waals surface area (Å²) in [7, 11) is 0. The Kier molecular flexibility index (Phi) is 3.36. The van der Waals surface area contributed by atoms with Gasteiger partial charge in [-0.1, -0.05) is 18.2 Å². The number of anilines is 1. The highest BCUT2D eigenvalue weighted by atomic mass is 16.5. The molecular formula is C15H18N2O2. The number of rotatable bonds is 2. The molecule has 4 nitrogen and oxygen atoms in total. The molecule has 0 aliphatic carbocycles. The summed E-state index contributed by atoms with van der Waals surface area (Å²) in [5.74, 6) is 0.929. The van der Waals surface area contributed by atoms with Crippen LogP contribution in [0.5, 0.6) is 0 Å². The number of hydrogen-bond donors (Lipinski definition) is 1.